The minimum absolute atomic E-state index is 0.0981. The molecule has 0 radical (unpaired) electrons. The van der Waals surface area contributed by atoms with Gasteiger partial charge in [-0.2, -0.15) is 8.42 Å². The molecule has 1 aliphatic rings. The Morgan fingerprint density at radius 3 is 2.86 bits per heavy atom. The molecule has 1 aliphatic heterocycles. The van der Waals surface area contributed by atoms with E-state index in [4.69, 9.17) is 0 Å². The number of likely N-dealkylation sites (tertiary alicyclic amines) is 1. The molecule has 21 heavy (non-hydrogen) atoms. The van der Waals surface area contributed by atoms with Crippen LogP contribution < -0.4 is 0 Å². The van der Waals surface area contributed by atoms with Gasteiger partial charge in [0.2, 0.25) is 5.91 Å². The number of hydrogen-bond donors (Lipinski definition) is 0. The molecule has 7 heteroatoms. The molecular weight excluding hydrogens is 295 g/mol. The largest absolute Gasteiger partial charge is 0.337 e. The third kappa shape index (κ3) is 2.73. The van der Waals surface area contributed by atoms with Gasteiger partial charge in [0.15, 0.2) is 0 Å². The topological polar surface area (TPSA) is 67.3 Å². The molecule has 0 N–H and O–H groups in total. The van der Waals surface area contributed by atoms with Gasteiger partial charge in [0.1, 0.15) is 5.25 Å². The third-order valence-corrected chi connectivity index (χ3v) is 4.82. The fraction of sp³-hybridized carbons (Fsp3) is 0.286. The number of aromatic nitrogens is 1. The Hall–Kier alpha value is -2.02. The first-order chi connectivity index (χ1) is 9.95. The van der Waals surface area contributed by atoms with E-state index >= 15 is 0 Å². The van der Waals surface area contributed by atoms with E-state index in [1.54, 1.807) is 12.4 Å². The van der Waals surface area contributed by atoms with Crippen LogP contribution in [0.2, 0.25) is 0 Å². The van der Waals surface area contributed by atoms with Crippen LogP contribution in [0.25, 0.3) is 10.8 Å². The molecule has 1 amide bonds. The summed E-state index contributed by atoms with van der Waals surface area (Å²) in [5.74, 6) is -0.340. The number of fused-ring (bicyclic) bond motifs is 1. The van der Waals surface area contributed by atoms with Crippen LogP contribution in [-0.4, -0.2) is 36.0 Å². The Morgan fingerprint density at radius 2 is 2.14 bits per heavy atom. The number of rotatable bonds is 3. The lowest BCUT2D eigenvalue weighted by atomic mass is 10.1. The highest BCUT2D eigenvalue weighted by Gasteiger charge is 2.38. The van der Waals surface area contributed by atoms with Gasteiger partial charge in [0, 0.05) is 37.3 Å². The van der Waals surface area contributed by atoms with Gasteiger partial charge in [0.25, 0.3) is 0 Å². The number of benzene rings is 1. The van der Waals surface area contributed by atoms with Crippen molar-refractivity contribution in [3.05, 3.63) is 42.2 Å². The second kappa shape index (κ2) is 5.07. The molecule has 0 bridgehead atoms. The van der Waals surface area contributed by atoms with Crippen molar-refractivity contribution in [3.63, 3.8) is 0 Å². The Kier molecular flexibility index (Phi) is 3.36. The molecular formula is C14H13FN2O3S. The van der Waals surface area contributed by atoms with Gasteiger partial charge in [-0.1, -0.05) is 18.2 Å². The average molecular weight is 308 g/mol. The predicted molar refractivity (Wildman–Crippen MR) is 75.6 cm³/mol. The zero-order chi connectivity index (χ0) is 15.0. The molecule has 2 heterocycles. The standard InChI is InChI=1S/C14H13FN2O3S/c15-21(19,20)12-6-14(18)17(9-12)8-11-3-1-2-10-7-16-5-4-13(10)11/h1-5,7,12H,6,8-9H2. The van der Waals surface area contributed by atoms with Gasteiger partial charge in [-0.3, -0.25) is 9.78 Å². The minimum atomic E-state index is -4.68. The molecule has 1 aromatic heterocycles. The number of pyridine rings is 1. The number of amides is 1. The van der Waals surface area contributed by atoms with Crippen LogP contribution in [0.1, 0.15) is 12.0 Å². The SMILES string of the molecule is O=C1CC(S(=O)(=O)F)CN1Cc1cccc2cnccc12. The van der Waals surface area contributed by atoms with Gasteiger partial charge in [-0.25, -0.2) is 0 Å². The second-order valence-electron chi connectivity index (χ2n) is 5.09. The molecule has 1 fully saturated rings. The highest BCUT2D eigenvalue weighted by Crippen LogP contribution is 2.24. The van der Waals surface area contributed by atoms with Gasteiger partial charge in [-0.05, 0) is 17.0 Å². The van der Waals surface area contributed by atoms with E-state index in [9.17, 15) is 17.1 Å². The van der Waals surface area contributed by atoms with Gasteiger partial charge in [-0.15, -0.1) is 3.89 Å². The molecule has 2 aromatic rings. The van der Waals surface area contributed by atoms with E-state index in [2.05, 4.69) is 4.98 Å². The number of carbonyl (C=O) groups excluding carboxylic acids is 1. The van der Waals surface area contributed by atoms with Crippen molar-refractivity contribution in [2.24, 2.45) is 0 Å². The number of carbonyl (C=O) groups is 1. The van der Waals surface area contributed by atoms with E-state index in [1.807, 2.05) is 24.3 Å². The molecule has 1 atom stereocenters. The van der Waals surface area contributed by atoms with E-state index < -0.39 is 15.5 Å². The van der Waals surface area contributed by atoms with Gasteiger partial charge < -0.3 is 4.90 Å². The maximum atomic E-state index is 13.0. The zero-order valence-electron chi connectivity index (χ0n) is 11.1. The highest BCUT2D eigenvalue weighted by atomic mass is 32.3. The third-order valence-electron chi connectivity index (χ3n) is 3.71. The summed E-state index contributed by atoms with van der Waals surface area (Å²) >= 11 is 0. The van der Waals surface area contributed by atoms with Crippen molar-refractivity contribution in [2.45, 2.75) is 18.2 Å². The lowest BCUT2D eigenvalue weighted by Gasteiger charge is -2.17. The summed E-state index contributed by atoms with van der Waals surface area (Å²) in [5, 5.41) is 0.643. The van der Waals surface area contributed by atoms with Crippen LogP contribution in [-0.2, 0) is 21.6 Å². The quantitative estimate of drug-likeness (QED) is 0.808. The summed E-state index contributed by atoms with van der Waals surface area (Å²) in [6.07, 6.45) is 3.09. The highest BCUT2D eigenvalue weighted by molar-refractivity contribution is 7.87. The summed E-state index contributed by atoms with van der Waals surface area (Å²) in [6, 6.07) is 7.47. The molecule has 110 valence electrons. The van der Waals surface area contributed by atoms with Crippen molar-refractivity contribution in [2.75, 3.05) is 6.54 Å². The maximum absolute atomic E-state index is 13.0. The molecule has 1 unspecified atom stereocenters. The smallest absolute Gasteiger partial charge is 0.307 e. The Labute approximate surface area is 121 Å². The zero-order valence-corrected chi connectivity index (χ0v) is 11.9. The van der Waals surface area contributed by atoms with E-state index in [-0.39, 0.29) is 25.4 Å². The number of hydrogen-bond acceptors (Lipinski definition) is 4. The lowest BCUT2D eigenvalue weighted by Crippen LogP contribution is -2.26. The second-order valence-corrected chi connectivity index (χ2v) is 6.71. The van der Waals surface area contributed by atoms with Crippen LogP contribution in [0.3, 0.4) is 0 Å². The Balaban J connectivity index is 1.88. The molecule has 0 saturated carbocycles. The Bertz CT molecular complexity index is 801. The number of halogens is 1. The van der Waals surface area contributed by atoms with Gasteiger partial charge in [0.05, 0.1) is 0 Å². The van der Waals surface area contributed by atoms with Gasteiger partial charge >= 0.3 is 10.2 Å². The molecule has 3 rings (SSSR count). The summed E-state index contributed by atoms with van der Waals surface area (Å²) in [7, 11) is -4.68. The van der Waals surface area contributed by atoms with E-state index in [1.165, 1.54) is 4.90 Å². The first-order valence-electron chi connectivity index (χ1n) is 6.48. The van der Waals surface area contributed by atoms with E-state index in [0.717, 1.165) is 16.3 Å². The van der Waals surface area contributed by atoms with Crippen molar-refractivity contribution >= 4 is 26.9 Å². The average Bonchev–Trinajstić information content (AvgIpc) is 2.81. The van der Waals surface area contributed by atoms with E-state index in [0.29, 0.717) is 0 Å². The monoisotopic (exact) mass is 308 g/mol. The normalized spacial score (nSPS) is 19.4. The van der Waals surface area contributed by atoms with Crippen LogP contribution in [0.15, 0.2) is 36.7 Å². The molecule has 5 nitrogen and oxygen atoms in total. The first-order valence-corrected chi connectivity index (χ1v) is 7.92. The fourth-order valence-corrected chi connectivity index (χ4v) is 3.31. The summed E-state index contributed by atoms with van der Waals surface area (Å²) in [6.45, 7) is 0.172. The van der Waals surface area contributed by atoms with Crippen LogP contribution in [0.5, 0.6) is 0 Å². The van der Waals surface area contributed by atoms with Crippen molar-refractivity contribution in [3.8, 4) is 0 Å². The summed E-state index contributed by atoms with van der Waals surface area (Å²) < 4.78 is 34.9. The fourth-order valence-electron chi connectivity index (χ4n) is 2.61. The van der Waals surface area contributed by atoms with Crippen LogP contribution >= 0.6 is 0 Å². The minimum Gasteiger partial charge on any atom is -0.337 e. The first kappa shape index (κ1) is 13.9. The molecule has 0 spiro atoms. The van der Waals surface area contributed by atoms with Crippen LogP contribution in [0.4, 0.5) is 3.89 Å². The van der Waals surface area contributed by atoms with Crippen LogP contribution in [0, 0.1) is 0 Å². The Morgan fingerprint density at radius 1 is 1.33 bits per heavy atom. The maximum Gasteiger partial charge on any atom is 0.307 e. The van der Waals surface area contributed by atoms with Crippen molar-refractivity contribution in [1.82, 2.24) is 9.88 Å². The van der Waals surface area contributed by atoms with Crippen molar-refractivity contribution < 1.29 is 17.1 Å². The van der Waals surface area contributed by atoms with Crippen molar-refractivity contribution in [1.29, 1.82) is 0 Å². The number of nitrogens with zero attached hydrogens (tertiary/aromatic N) is 2. The predicted octanol–water partition coefficient (Wildman–Crippen LogP) is 1.64. The molecule has 1 saturated heterocycles. The summed E-state index contributed by atoms with van der Waals surface area (Å²) in [4.78, 5) is 17.3. The molecule has 0 aliphatic carbocycles. The lowest BCUT2D eigenvalue weighted by molar-refractivity contribution is -0.128. The summed E-state index contributed by atoms with van der Waals surface area (Å²) in [5.41, 5.74) is 0.889. The molecule has 1 aromatic carbocycles.